The third-order valence-electron chi connectivity index (χ3n) is 4.67. The van der Waals surface area contributed by atoms with Gasteiger partial charge in [0, 0.05) is 18.5 Å². The van der Waals surface area contributed by atoms with Crippen molar-refractivity contribution in [3.05, 3.63) is 0 Å². The van der Waals surface area contributed by atoms with Crippen molar-refractivity contribution in [3.63, 3.8) is 0 Å². The zero-order chi connectivity index (χ0) is 12.1. The largest absolute Gasteiger partial charge is 0.342 e. The number of hydrogen-bond donors (Lipinski definition) is 0. The number of hydrogen-bond acceptors (Lipinski definition) is 1. The molecule has 0 bridgehead atoms. The molecule has 1 saturated carbocycles. The molecule has 1 aliphatic heterocycles. The Labute approximate surface area is 99.4 Å². The zero-order valence-corrected chi connectivity index (χ0v) is 11.3. The minimum atomic E-state index is -0.215. The van der Waals surface area contributed by atoms with Crippen LogP contribution in [0.4, 0.5) is 0 Å². The molecule has 92 valence electrons. The van der Waals surface area contributed by atoms with Crippen molar-refractivity contribution in [3.8, 4) is 0 Å². The first-order valence-electron chi connectivity index (χ1n) is 6.60. The van der Waals surface area contributed by atoms with Crippen molar-refractivity contribution < 1.29 is 4.79 Å². The van der Waals surface area contributed by atoms with E-state index in [-0.39, 0.29) is 5.41 Å². The van der Waals surface area contributed by atoms with Crippen LogP contribution < -0.4 is 0 Å². The first kappa shape index (κ1) is 11.9. The summed E-state index contributed by atoms with van der Waals surface area (Å²) < 4.78 is 0. The second-order valence-corrected chi connectivity index (χ2v) is 6.96. The van der Waals surface area contributed by atoms with E-state index < -0.39 is 0 Å². The van der Waals surface area contributed by atoms with Gasteiger partial charge >= 0.3 is 0 Å². The minimum absolute atomic E-state index is 0.215. The fourth-order valence-electron chi connectivity index (χ4n) is 3.50. The summed E-state index contributed by atoms with van der Waals surface area (Å²) in [5.74, 6) is 3.52. The number of rotatable bonds is 0. The molecule has 0 aromatic heterocycles. The van der Waals surface area contributed by atoms with E-state index in [1.165, 1.54) is 6.42 Å². The van der Waals surface area contributed by atoms with Gasteiger partial charge in [0.15, 0.2) is 0 Å². The van der Waals surface area contributed by atoms with E-state index in [1.54, 1.807) is 0 Å². The first-order chi connectivity index (χ1) is 7.30. The lowest BCUT2D eigenvalue weighted by atomic mass is 9.91. The molecule has 2 fully saturated rings. The fraction of sp³-hybridized carbons (Fsp3) is 0.929. The molecule has 2 nitrogen and oxygen atoms in total. The predicted molar refractivity (Wildman–Crippen MR) is 66.0 cm³/mol. The van der Waals surface area contributed by atoms with Gasteiger partial charge in [-0.25, -0.2) is 0 Å². The van der Waals surface area contributed by atoms with Crippen LogP contribution in [0.1, 0.15) is 41.0 Å². The number of likely N-dealkylation sites (tertiary alicyclic amines) is 1. The molecule has 4 atom stereocenters. The molecule has 0 radical (unpaired) electrons. The molecule has 16 heavy (non-hydrogen) atoms. The topological polar surface area (TPSA) is 20.3 Å². The van der Waals surface area contributed by atoms with Gasteiger partial charge in [0.05, 0.1) is 0 Å². The number of carbonyl (C=O) groups is 1. The molecule has 1 amide bonds. The maximum absolute atomic E-state index is 12.2. The van der Waals surface area contributed by atoms with Crippen LogP contribution in [-0.4, -0.2) is 23.9 Å². The van der Waals surface area contributed by atoms with E-state index >= 15 is 0 Å². The summed E-state index contributed by atoms with van der Waals surface area (Å²) in [5.41, 5.74) is -0.215. The molecule has 2 aliphatic rings. The summed E-state index contributed by atoms with van der Waals surface area (Å²) in [5, 5.41) is 0. The van der Waals surface area contributed by atoms with Gasteiger partial charge in [-0.05, 0) is 30.1 Å². The molecular formula is C14H25NO. The molecule has 2 heteroatoms. The van der Waals surface area contributed by atoms with Crippen molar-refractivity contribution in [2.24, 2.45) is 29.1 Å². The Hall–Kier alpha value is -0.530. The summed E-state index contributed by atoms with van der Waals surface area (Å²) >= 11 is 0. The third-order valence-corrected chi connectivity index (χ3v) is 4.67. The monoisotopic (exact) mass is 223 g/mol. The van der Waals surface area contributed by atoms with Crippen LogP contribution in [0, 0.1) is 29.1 Å². The maximum atomic E-state index is 12.2. The average molecular weight is 223 g/mol. The number of fused-ring (bicyclic) bond motifs is 1. The van der Waals surface area contributed by atoms with Gasteiger partial charge in [0.2, 0.25) is 5.91 Å². The normalized spacial score (nSPS) is 38.9. The van der Waals surface area contributed by atoms with Crippen LogP contribution >= 0.6 is 0 Å². The molecule has 0 N–H and O–H groups in total. The van der Waals surface area contributed by atoms with E-state index in [4.69, 9.17) is 0 Å². The summed E-state index contributed by atoms with van der Waals surface area (Å²) in [7, 11) is 0. The van der Waals surface area contributed by atoms with E-state index in [0.29, 0.717) is 5.91 Å². The standard InChI is InChI=1S/C14H25NO/c1-9-6-11-7-15(8-12(11)10(9)2)13(16)14(3,4)5/h9-12H,6-8H2,1-5H3/t9-,10+,11+,12+/m1/s1. The fourth-order valence-corrected chi connectivity index (χ4v) is 3.50. The zero-order valence-electron chi connectivity index (χ0n) is 11.3. The van der Waals surface area contributed by atoms with Crippen LogP contribution in [0.5, 0.6) is 0 Å². The SMILES string of the molecule is C[C@@H]1[C@@H]2CN(C(=O)C(C)(C)C)C[C@@H]2C[C@H]1C. The molecular weight excluding hydrogens is 198 g/mol. The molecule has 1 heterocycles. The van der Waals surface area contributed by atoms with Crippen molar-refractivity contribution in [1.29, 1.82) is 0 Å². The van der Waals surface area contributed by atoms with Crippen molar-refractivity contribution >= 4 is 5.91 Å². The molecule has 0 aromatic rings. The van der Waals surface area contributed by atoms with E-state index in [9.17, 15) is 4.79 Å². The summed E-state index contributed by atoms with van der Waals surface area (Å²) in [6.45, 7) is 12.8. The molecule has 0 aromatic carbocycles. The van der Waals surface area contributed by atoms with Gasteiger partial charge in [0.1, 0.15) is 0 Å². The third kappa shape index (κ3) is 1.87. The van der Waals surface area contributed by atoms with Crippen molar-refractivity contribution in [1.82, 2.24) is 4.90 Å². The molecule has 1 aliphatic carbocycles. The molecule has 2 rings (SSSR count). The highest BCUT2D eigenvalue weighted by Crippen LogP contribution is 2.46. The summed E-state index contributed by atoms with van der Waals surface area (Å²) in [4.78, 5) is 14.3. The maximum Gasteiger partial charge on any atom is 0.227 e. The highest BCUT2D eigenvalue weighted by atomic mass is 16.2. The van der Waals surface area contributed by atoms with Gasteiger partial charge in [-0.3, -0.25) is 4.79 Å². The van der Waals surface area contributed by atoms with Crippen LogP contribution in [0.15, 0.2) is 0 Å². The Morgan fingerprint density at radius 2 is 1.81 bits per heavy atom. The lowest BCUT2D eigenvalue weighted by Crippen LogP contribution is -2.39. The van der Waals surface area contributed by atoms with Crippen LogP contribution in [-0.2, 0) is 4.79 Å². The number of amides is 1. The minimum Gasteiger partial charge on any atom is -0.342 e. The van der Waals surface area contributed by atoms with E-state index in [1.807, 2.05) is 20.8 Å². The highest BCUT2D eigenvalue weighted by molar-refractivity contribution is 5.81. The van der Waals surface area contributed by atoms with Crippen LogP contribution in [0.25, 0.3) is 0 Å². The van der Waals surface area contributed by atoms with Gasteiger partial charge in [-0.1, -0.05) is 34.6 Å². The molecule has 1 saturated heterocycles. The van der Waals surface area contributed by atoms with Crippen LogP contribution in [0.3, 0.4) is 0 Å². The smallest absolute Gasteiger partial charge is 0.227 e. The Kier molecular flexibility index (Phi) is 2.80. The summed E-state index contributed by atoms with van der Waals surface area (Å²) in [6.07, 6.45) is 1.32. The highest BCUT2D eigenvalue weighted by Gasteiger charge is 2.46. The second kappa shape index (κ2) is 3.75. The van der Waals surface area contributed by atoms with Crippen molar-refractivity contribution in [2.75, 3.05) is 13.1 Å². The molecule has 0 spiro atoms. The van der Waals surface area contributed by atoms with E-state index in [2.05, 4.69) is 18.7 Å². The second-order valence-electron chi connectivity index (χ2n) is 6.96. The Morgan fingerprint density at radius 3 is 2.31 bits per heavy atom. The molecule has 0 unspecified atom stereocenters. The Bertz CT molecular complexity index is 292. The lowest BCUT2D eigenvalue weighted by Gasteiger charge is -2.27. The summed E-state index contributed by atoms with van der Waals surface area (Å²) in [6, 6.07) is 0. The van der Waals surface area contributed by atoms with Gasteiger partial charge < -0.3 is 4.90 Å². The lowest BCUT2D eigenvalue weighted by molar-refractivity contribution is -0.138. The Balaban J connectivity index is 2.03. The predicted octanol–water partition coefficient (Wildman–Crippen LogP) is 2.78. The average Bonchev–Trinajstić information content (AvgIpc) is 2.66. The number of carbonyl (C=O) groups excluding carboxylic acids is 1. The Morgan fingerprint density at radius 1 is 1.19 bits per heavy atom. The van der Waals surface area contributed by atoms with Gasteiger partial charge in [-0.15, -0.1) is 0 Å². The van der Waals surface area contributed by atoms with E-state index in [0.717, 1.165) is 36.8 Å². The number of nitrogens with zero attached hydrogens (tertiary/aromatic N) is 1. The first-order valence-corrected chi connectivity index (χ1v) is 6.60. The quantitative estimate of drug-likeness (QED) is 0.618. The van der Waals surface area contributed by atoms with Crippen molar-refractivity contribution in [2.45, 2.75) is 41.0 Å². The van der Waals surface area contributed by atoms with Gasteiger partial charge in [0.25, 0.3) is 0 Å². The van der Waals surface area contributed by atoms with Gasteiger partial charge in [-0.2, -0.15) is 0 Å². The van der Waals surface area contributed by atoms with Crippen LogP contribution in [0.2, 0.25) is 0 Å².